The summed E-state index contributed by atoms with van der Waals surface area (Å²) in [4.78, 5) is 0. The highest BCUT2D eigenvalue weighted by molar-refractivity contribution is 5.63. The second kappa shape index (κ2) is 10.0. The van der Waals surface area contributed by atoms with Crippen LogP contribution in [0.15, 0.2) is 91.0 Å². The summed E-state index contributed by atoms with van der Waals surface area (Å²) in [7, 11) is 0. The maximum absolute atomic E-state index is 12.6. The van der Waals surface area contributed by atoms with E-state index in [1.807, 2.05) is 60.7 Å². The van der Waals surface area contributed by atoms with Crippen molar-refractivity contribution in [2.75, 3.05) is 0 Å². The smallest absolute Gasteiger partial charge is 0.483 e. The molecule has 3 aromatic carbocycles. The number of nitrogens with zero attached hydrogens (tertiary/aromatic N) is 2. The quantitative estimate of drug-likeness (QED) is 0.319. The second-order valence-electron chi connectivity index (χ2n) is 7.02. The molecule has 168 valence electrons. The van der Waals surface area contributed by atoms with Crippen LogP contribution in [0.2, 0.25) is 0 Å². The Kier molecular flexibility index (Phi) is 6.73. The summed E-state index contributed by atoms with van der Waals surface area (Å²) in [5, 5.41) is 8.25. The third kappa shape index (κ3) is 6.46. The Morgan fingerprint density at radius 2 is 1.30 bits per heavy atom. The zero-order chi connectivity index (χ0) is 23.1. The van der Waals surface area contributed by atoms with Gasteiger partial charge in [0.15, 0.2) is 5.75 Å². The molecule has 4 aromatic rings. The average molecular weight is 452 g/mol. The van der Waals surface area contributed by atoms with Gasteiger partial charge in [-0.05, 0) is 23.3 Å². The number of halogens is 3. The lowest BCUT2D eigenvalue weighted by Gasteiger charge is -2.13. The molecule has 33 heavy (non-hydrogen) atoms. The summed E-state index contributed by atoms with van der Waals surface area (Å²) in [6, 6.07) is 26.2. The van der Waals surface area contributed by atoms with Crippen molar-refractivity contribution in [2.45, 2.75) is 19.6 Å². The maximum atomic E-state index is 12.6. The fourth-order valence-electron chi connectivity index (χ4n) is 3.02. The van der Waals surface area contributed by atoms with Crippen LogP contribution in [0.1, 0.15) is 11.1 Å². The van der Waals surface area contributed by atoms with Crippen molar-refractivity contribution in [3.63, 3.8) is 0 Å². The Morgan fingerprint density at radius 1 is 0.667 bits per heavy atom. The standard InChI is InChI=1S/C25H19F3N2O3/c26-25(27,28)33-21-13-7-12-20(14-21)22-15-23(31-16-18-8-3-1-4-9-18)24(30-29-22)32-17-19-10-5-2-6-11-19/h1-15H,16-17H2. The first-order valence-electron chi connectivity index (χ1n) is 10.0. The van der Waals surface area contributed by atoms with Crippen LogP contribution in [0.25, 0.3) is 11.3 Å². The summed E-state index contributed by atoms with van der Waals surface area (Å²) in [6.45, 7) is 0.510. The molecule has 0 radical (unpaired) electrons. The molecular weight excluding hydrogens is 433 g/mol. The van der Waals surface area contributed by atoms with Gasteiger partial charge >= 0.3 is 6.36 Å². The van der Waals surface area contributed by atoms with Crippen molar-refractivity contribution >= 4 is 0 Å². The highest BCUT2D eigenvalue weighted by Crippen LogP contribution is 2.32. The molecule has 0 saturated heterocycles. The molecule has 0 saturated carbocycles. The Balaban J connectivity index is 1.60. The Morgan fingerprint density at radius 3 is 1.94 bits per heavy atom. The highest BCUT2D eigenvalue weighted by Gasteiger charge is 2.31. The number of rotatable bonds is 8. The average Bonchev–Trinajstić information content (AvgIpc) is 2.82. The molecule has 5 nitrogen and oxygen atoms in total. The number of aromatic nitrogens is 2. The van der Waals surface area contributed by atoms with Crippen LogP contribution in [0, 0.1) is 0 Å². The SMILES string of the molecule is FC(F)(F)Oc1cccc(-c2cc(OCc3ccccc3)c(OCc3ccccc3)nn2)c1. The predicted molar refractivity (Wildman–Crippen MR) is 116 cm³/mol. The van der Waals surface area contributed by atoms with Gasteiger partial charge in [0.25, 0.3) is 5.88 Å². The van der Waals surface area contributed by atoms with Gasteiger partial charge in [0, 0.05) is 11.6 Å². The van der Waals surface area contributed by atoms with Gasteiger partial charge in [-0.3, -0.25) is 0 Å². The van der Waals surface area contributed by atoms with E-state index in [1.54, 1.807) is 12.1 Å². The minimum Gasteiger partial charge on any atom is -0.483 e. The Labute approximate surface area is 188 Å². The number of benzene rings is 3. The van der Waals surface area contributed by atoms with Crippen LogP contribution < -0.4 is 14.2 Å². The summed E-state index contributed by atoms with van der Waals surface area (Å²) < 4.78 is 53.5. The molecule has 4 rings (SSSR count). The van der Waals surface area contributed by atoms with Crippen molar-refractivity contribution in [2.24, 2.45) is 0 Å². The largest absolute Gasteiger partial charge is 0.573 e. The monoisotopic (exact) mass is 452 g/mol. The molecule has 0 bridgehead atoms. The first-order valence-corrected chi connectivity index (χ1v) is 10.0. The van der Waals surface area contributed by atoms with Gasteiger partial charge in [0.05, 0.1) is 5.69 Å². The third-order valence-electron chi connectivity index (χ3n) is 4.55. The third-order valence-corrected chi connectivity index (χ3v) is 4.55. The molecule has 0 aliphatic carbocycles. The van der Waals surface area contributed by atoms with Gasteiger partial charge < -0.3 is 14.2 Å². The van der Waals surface area contributed by atoms with Crippen molar-refractivity contribution in [1.82, 2.24) is 10.2 Å². The van der Waals surface area contributed by atoms with E-state index in [0.717, 1.165) is 11.1 Å². The van der Waals surface area contributed by atoms with E-state index < -0.39 is 6.36 Å². The Bertz CT molecular complexity index is 1190. The molecule has 0 fully saturated rings. The summed E-state index contributed by atoms with van der Waals surface area (Å²) in [6.07, 6.45) is -4.79. The van der Waals surface area contributed by atoms with Crippen molar-refractivity contribution in [3.8, 4) is 28.6 Å². The van der Waals surface area contributed by atoms with Crippen molar-refractivity contribution < 1.29 is 27.4 Å². The number of ether oxygens (including phenoxy) is 3. The normalized spacial score (nSPS) is 11.1. The molecule has 1 aromatic heterocycles. The highest BCUT2D eigenvalue weighted by atomic mass is 19.4. The fraction of sp³-hybridized carbons (Fsp3) is 0.120. The predicted octanol–water partition coefficient (Wildman–Crippen LogP) is 6.20. The van der Waals surface area contributed by atoms with Crippen molar-refractivity contribution in [3.05, 3.63) is 102 Å². The summed E-state index contributed by atoms with van der Waals surface area (Å²) in [5.41, 5.74) is 2.58. The minimum atomic E-state index is -4.79. The molecule has 0 aliphatic heterocycles. The van der Waals surface area contributed by atoms with Gasteiger partial charge in [0.2, 0.25) is 0 Å². The van der Waals surface area contributed by atoms with E-state index in [2.05, 4.69) is 14.9 Å². The van der Waals surface area contributed by atoms with Crippen LogP contribution >= 0.6 is 0 Å². The van der Waals surface area contributed by atoms with E-state index in [-0.39, 0.29) is 24.8 Å². The van der Waals surface area contributed by atoms with E-state index in [9.17, 15) is 13.2 Å². The molecule has 0 N–H and O–H groups in total. The first kappa shape index (κ1) is 22.1. The van der Waals surface area contributed by atoms with Crippen LogP contribution in [0.3, 0.4) is 0 Å². The number of hydrogen-bond donors (Lipinski definition) is 0. The molecule has 0 atom stereocenters. The summed E-state index contributed by atoms with van der Waals surface area (Å²) in [5.74, 6) is 0.154. The lowest BCUT2D eigenvalue weighted by atomic mass is 10.1. The van der Waals surface area contributed by atoms with Gasteiger partial charge in [-0.25, -0.2) is 0 Å². The van der Waals surface area contributed by atoms with Gasteiger partial charge in [-0.15, -0.1) is 23.4 Å². The molecule has 0 unspecified atom stereocenters. The zero-order valence-corrected chi connectivity index (χ0v) is 17.3. The topological polar surface area (TPSA) is 53.5 Å². The molecule has 1 heterocycles. The molecule has 0 aliphatic rings. The van der Waals surface area contributed by atoms with E-state index in [0.29, 0.717) is 17.0 Å². The van der Waals surface area contributed by atoms with E-state index >= 15 is 0 Å². The lowest BCUT2D eigenvalue weighted by Crippen LogP contribution is -2.17. The van der Waals surface area contributed by atoms with Crippen LogP contribution in [0.4, 0.5) is 13.2 Å². The van der Waals surface area contributed by atoms with Crippen molar-refractivity contribution in [1.29, 1.82) is 0 Å². The zero-order valence-electron chi connectivity index (χ0n) is 17.3. The number of hydrogen-bond acceptors (Lipinski definition) is 5. The Hall–Kier alpha value is -4.07. The molecular formula is C25H19F3N2O3. The van der Waals surface area contributed by atoms with Gasteiger partial charge in [0.1, 0.15) is 19.0 Å². The minimum absolute atomic E-state index is 0.182. The van der Waals surface area contributed by atoms with Crippen LogP contribution in [0.5, 0.6) is 17.4 Å². The van der Waals surface area contributed by atoms with Gasteiger partial charge in [-0.2, -0.15) is 0 Å². The first-order chi connectivity index (χ1) is 16.0. The molecule has 0 amide bonds. The van der Waals surface area contributed by atoms with Gasteiger partial charge in [-0.1, -0.05) is 72.8 Å². The lowest BCUT2D eigenvalue weighted by molar-refractivity contribution is -0.274. The van der Waals surface area contributed by atoms with E-state index in [1.165, 1.54) is 18.2 Å². The second-order valence-corrected chi connectivity index (χ2v) is 7.02. The maximum Gasteiger partial charge on any atom is 0.573 e. The summed E-state index contributed by atoms with van der Waals surface area (Å²) >= 11 is 0. The van der Waals surface area contributed by atoms with Crippen LogP contribution in [-0.4, -0.2) is 16.6 Å². The fourth-order valence-corrected chi connectivity index (χ4v) is 3.02. The van der Waals surface area contributed by atoms with E-state index in [4.69, 9.17) is 9.47 Å². The van der Waals surface area contributed by atoms with Crippen LogP contribution in [-0.2, 0) is 13.2 Å². The molecule has 0 spiro atoms. The number of alkyl halides is 3. The molecule has 8 heteroatoms.